The highest BCUT2D eigenvalue weighted by atomic mass is 32.1. The van der Waals surface area contributed by atoms with E-state index in [9.17, 15) is 0 Å². The van der Waals surface area contributed by atoms with Crippen LogP contribution in [0.25, 0.3) is 0 Å². The van der Waals surface area contributed by atoms with Crippen LogP contribution in [0.1, 0.15) is 58.0 Å². The lowest BCUT2D eigenvalue weighted by molar-refractivity contribution is 0.286. The summed E-state index contributed by atoms with van der Waals surface area (Å²) < 4.78 is 2.27. The molecule has 4 nitrogen and oxygen atoms in total. The van der Waals surface area contributed by atoms with Crippen LogP contribution in [-0.2, 0) is 5.54 Å². The molecule has 3 heterocycles. The van der Waals surface area contributed by atoms with E-state index in [0.717, 1.165) is 17.4 Å². The van der Waals surface area contributed by atoms with Gasteiger partial charge in [0, 0.05) is 30.7 Å². The fourth-order valence-electron chi connectivity index (χ4n) is 3.36. The monoisotopic (exact) mass is 356 g/mol. The largest absolute Gasteiger partial charge is 0.352 e. The lowest BCUT2D eigenvalue weighted by Gasteiger charge is -2.29. The number of hydrogen-bond donors (Lipinski definition) is 1. The van der Waals surface area contributed by atoms with Gasteiger partial charge in [-0.25, -0.2) is 0 Å². The molecule has 1 fully saturated rings. The lowest BCUT2D eigenvalue weighted by atomic mass is 9.98. The highest BCUT2D eigenvalue weighted by Gasteiger charge is 2.40. The normalized spacial score (nSPS) is 21.0. The summed E-state index contributed by atoms with van der Waals surface area (Å²) >= 11 is 5.67. The van der Waals surface area contributed by atoms with E-state index < -0.39 is 0 Å². The van der Waals surface area contributed by atoms with Crippen molar-refractivity contribution < 1.29 is 0 Å². The van der Waals surface area contributed by atoms with E-state index in [2.05, 4.69) is 78.9 Å². The van der Waals surface area contributed by atoms with Gasteiger partial charge < -0.3 is 14.8 Å². The fourth-order valence-corrected chi connectivity index (χ4v) is 3.68. The minimum atomic E-state index is 0.0637. The van der Waals surface area contributed by atoms with Crippen LogP contribution in [0.3, 0.4) is 0 Å². The SMILES string of the molecule is CC(C)CN1C(=S)NC(c2ccccn2)C1c1ccn(C(C)(C)C)c1. The zero-order valence-electron chi connectivity index (χ0n) is 15.7. The Morgan fingerprint density at radius 1 is 1.24 bits per heavy atom. The molecule has 1 aliphatic heterocycles. The first kappa shape index (κ1) is 17.9. The second-order valence-corrected chi connectivity index (χ2v) is 8.58. The van der Waals surface area contributed by atoms with Crippen LogP contribution in [0.4, 0.5) is 0 Å². The van der Waals surface area contributed by atoms with Crippen molar-refractivity contribution in [3.05, 3.63) is 54.1 Å². The molecule has 0 amide bonds. The van der Waals surface area contributed by atoms with Crippen molar-refractivity contribution in [1.29, 1.82) is 0 Å². The molecule has 1 saturated heterocycles. The molecule has 5 heteroatoms. The maximum absolute atomic E-state index is 5.67. The first-order chi connectivity index (χ1) is 11.8. The summed E-state index contributed by atoms with van der Waals surface area (Å²) in [4.78, 5) is 6.91. The van der Waals surface area contributed by atoms with Gasteiger partial charge in [-0.05, 0) is 62.7 Å². The number of rotatable bonds is 4. The molecule has 1 aliphatic rings. The Labute approximate surface area is 156 Å². The Balaban J connectivity index is 2.01. The van der Waals surface area contributed by atoms with Gasteiger partial charge in [0.2, 0.25) is 0 Å². The van der Waals surface area contributed by atoms with Crippen LogP contribution in [0.2, 0.25) is 0 Å². The molecule has 0 spiro atoms. The van der Waals surface area contributed by atoms with E-state index in [0.29, 0.717) is 5.92 Å². The molecule has 0 aliphatic carbocycles. The average molecular weight is 357 g/mol. The molecular formula is C20H28N4S. The van der Waals surface area contributed by atoms with Gasteiger partial charge in [0.1, 0.15) is 0 Å². The fraction of sp³-hybridized carbons (Fsp3) is 0.500. The summed E-state index contributed by atoms with van der Waals surface area (Å²) in [6.07, 6.45) is 6.27. The molecule has 0 radical (unpaired) electrons. The summed E-state index contributed by atoms with van der Waals surface area (Å²) in [5.74, 6) is 0.537. The molecule has 134 valence electrons. The van der Waals surface area contributed by atoms with Gasteiger partial charge in [0.05, 0.1) is 17.8 Å². The third-order valence-electron chi connectivity index (χ3n) is 4.59. The van der Waals surface area contributed by atoms with Gasteiger partial charge in [0.15, 0.2) is 5.11 Å². The van der Waals surface area contributed by atoms with E-state index in [1.807, 2.05) is 18.3 Å². The molecule has 2 aromatic rings. The van der Waals surface area contributed by atoms with Gasteiger partial charge in [-0.1, -0.05) is 19.9 Å². The number of nitrogens with zero attached hydrogens (tertiary/aromatic N) is 3. The quantitative estimate of drug-likeness (QED) is 0.830. The van der Waals surface area contributed by atoms with Crippen molar-refractivity contribution in [2.24, 2.45) is 5.92 Å². The van der Waals surface area contributed by atoms with Crippen molar-refractivity contribution in [3.63, 3.8) is 0 Å². The third kappa shape index (κ3) is 3.71. The van der Waals surface area contributed by atoms with Crippen LogP contribution in [0.15, 0.2) is 42.9 Å². The number of hydrogen-bond acceptors (Lipinski definition) is 2. The molecule has 2 aromatic heterocycles. The molecule has 25 heavy (non-hydrogen) atoms. The maximum Gasteiger partial charge on any atom is 0.170 e. The molecule has 2 atom stereocenters. The second-order valence-electron chi connectivity index (χ2n) is 8.20. The number of aromatic nitrogens is 2. The first-order valence-corrected chi connectivity index (χ1v) is 9.34. The molecule has 1 N–H and O–H groups in total. The Morgan fingerprint density at radius 2 is 2.00 bits per heavy atom. The van der Waals surface area contributed by atoms with Gasteiger partial charge in [-0.2, -0.15) is 0 Å². The van der Waals surface area contributed by atoms with Crippen molar-refractivity contribution in [3.8, 4) is 0 Å². The number of pyridine rings is 1. The van der Waals surface area contributed by atoms with E-state index in [1.165, 1.54) is 5.56 Å². The Hall–Kier alpha value is -1.88. The summed E-state index contributed by atoms with van der Waals surface area (Å²) in [7, 11) is 0. The van der Waals surface area contributed by atoms with Crippen molar-refractivity contribution in [1.82, 2.24) is 19.8 Å². The predicted molar refractivity (Wildman–Crippen MR) is 106 cm³/mol. The van der Waals surface area contributed by atoms with Crippen molar-refractivity contribution >= 4 is 17.3 Å². The zero-order valence-corrected chi connectivity index (χ0v) is 16.5. The van der Waals surface area contributed by atoms with Crippen molar-refractivity contribution in [2.45, 2.75) is 52.2 Å². The van der Waals surface area contributed by atoms with E-state index in [-0.39, 0.29) is 17.6 Å². The van der Waals surface area contributed by atoms with Crippen LogP contribution in [-0.4, -0.2) is 26.1 Å². The van der Waals surface area contributed by atoms with Crippen LogP contribution >= 0.6 is 12.2 Å². The van der Waals surface area contributed by atoms with Crippen LogP contribution < -0.4 is 5.32 Å². The van der Waals surface area contributed by atoms with Crippen LogP contribution in [0, 0.1) is 5.92 Å². The Morgan fingerprint density at radius 3 is 2.56 bits per heavy atom. The first-order valence-electron chi connectivity index (χ1n) is 8.94. The molecule has 0 saturated carbocycles. The van der Waals surface area contributed by atoms with Gasteiger partial charge in [-0.15, -0.1) is 0 Å². The van der Waals surface area contributed by atoms with Gasteiger partial charge in [-0.3, -0.25) is 4.98 Å². The molecule has 0 bridgehead atoms. The smallest absolute Gasteiger partial charge is 0.170 e. The zero-order chi connectivity index (χ0) is 18.2. The molecule has 2 unspecified atom stereocenters. The summed E-state index contributed by atoms with van der Waals surface area (Å²) in [6, 6.07) is 8.52. The standard InChI is InChI=1S/C20H28N4S/c1-14(2)12-24-18(15-9-11-23(13-15)20(3,4)5)17(22-19(24)25)16-8-6-7-10-21-16/h6-11,13-14,17-18H,12H2,1-5H3,(H,22,25). The lowest BCUT2D eigenvalue weighted by Crippen LogP contribution is -2.32. The van der Waals surface area contributed by atoms with E-state index in [1.54, 1.807) is 0 Å². The minimum Gasteiger partial charge on any atom is -0.352 e. The maximum atomic E-state index is 5.67. The van der Waals surface area contributed by atoms with Crippen molar-refractivity contribution in [2.75, 3.05) is 6.54 Å². The molecule has 3 rings (SSSR count). The van der Waals surface area contributed by atoms with E-state index in [4.69, 9.17) is 12.2 Å². The second kappa shape index (κ2) is 6.79. The average Bonchev–Trinajstić information content (AvgIpc) is 3.13. The predicted octanol–water partition coefficient (Wildman–Crippen LogP) is 4.27. The number of thiocarbonyl (C=S) groups is 1. The highest BCUT2D eigenvalue weighted by molar-refractivity contribution is 7.80. The molecular weight excluding hydrogens is 328 g/mol. The third-order valence-corrected chi connectivity index (χ3v) is 4.94. The Kier molecular flexibility index (Phi) is 4.87. The van der Waals surface area contributed by atoms with E-state index >= 15 is 0 Å². The van der Waals surface area contributed by atoms with Crippen LogP contribution in [0.5, 0.6) is 0 Å². The Bertz CT molecular complexity index is 730. The summed E-state index contributed by atoms with van der Waals surface area (Å²) in [5, 5.41) is 4.33. The van der Waals surface area contributed by atoms with Gasteiger partial charge >= 0.3 is 0 Å². The summed E-state index contributed by atoms with van der Waals surface area (Å²) in [6.45, 7) is 12.0. The van der Waals surface area contributed by atoms with Gasteiger partial charge in [0.25, 0.3) is 0 Å². The number of nitrogens with one attached hydrogen (secondary N) is 1. The minimum absolute atomic E-state index is 0.0637. The topological polar surface area (TPSA) is 33.1 Å². The highest BCUT2D eigenvalue weighted by Crippen LogP contribution is 2.39. The summed E-state index contributed by atoms with van der Waals surface area (Å²) in [5.41, 5.74) is 2.37. The molecule has 0 aromatic carbocycles.